The molecule has 11 heteroatoms. The first kappa shape index (κ1) is 23.1. The van der Waals surface area contributed by atoms with Gasteiger partial charge in [0.1, 0.15) is 10.7 Å². The van der Waals surface area contributed by atoms with Crippen molar-refractivity contribution in [3.63, 3.8) is 0 Å². The van der Waals surface area contributed by atoms with Crippen LogP contribution < -0.4 is 4.18 Å². The molecule has 0 saturated heterocycles. The van der Waals surface area contributed by atoms with Crippen LogP contribution in [0.1, 0.15) is 11.1 Å². The Morgan fingerprint density at radius 1 is 0.968 bits per heavy atom. The number of rotatable bonds is 5. The van der Waals surface area contributed by atoms with Gasteiger partial charge in [-0.05, 0) is 54.6 Å². The van der Waals surface area contributed by atoms with Crippen molar-refractivity contribution in [1.29, 1.82) is 0 Å². The maximum Gasteiger partial charge on any atom is 0.416 e. The molecule has 0 unspecified atom stereocenters. The zero-order chi connectivity index (χ0) is 22.8. The second-order valence-corrected chi connectivity index (χ2v) is 8.49. The average molecular weight is 492 g/mol. The molecular weight excluding hydrogens is 481 g/mol. The molecule has 0 spiro atoms. The van der Waals surface area contributed by atoms with Crippen LogP contribution in [0.2, 0.25) is 10.0 Å². The Morgan fingerprint density at radius 3 is 2.29 bits per heavy atom. The third kappa shape index (κ3) is 5.75. The van der Waals surface area contributed by atoms with Crippen molar-refractivity contribution in [2.24, 2.45) is 4.99 Å². The molecule has 162 valence electrons. The molecule has 0 heterocycles. The monoisotopic (exact) mass is 491 g/mol. The molecule has 0 amide bonds. The summed E-state index contributed by atoms with van der Waals surface area (Å²) < 4.78 is 81.9. The van der Waals surface area contributed by atoms with E-state index in [0.717, 1.165) is 42.6 Å². The zero-order valence-corrected chi connectivity index (χ0v) is 17.5. The fraction of sp³-hybridized carbons (Fsp3) is 0.0500. The summed E-state index contributed by atoms with van der Waals surface area (Å²) in [5.74, 6) is -0.983. The van der Waals surface area contributed by atoms with E-state index in [4.69, 9.17) is 27.4 Å². The number of benzene rings is 3. The van der Waals surface area contributed by atoms with Gasteiger partial charge in [-0.25, -0.2) is 4.39 Å². The quantitative estimate of drug-likeness (QED) is 0.227. The maximum atomic E-state index is 13.1. The van der Waals surface area contributed by atoms with E-state index >= 15 is 0 Å². The first-order valence-electron chi connectivity index (χ1n) is 8.36. The lowest BCUT2D eigenvalue weighted by Crippen LogP contribution is -2.11. The Kier molecular flexibility index (Phi) is 6.59. The highest BCUT2D eigenvalue weighted by Gasteiger charge is 2.30. The van der Waals surface area contributed by atoms with Gasteiger partial charge in [-0.15, -0.1) is 0 Å². The predicted molar refractivity (Wildman–Crippen MR) is 109 cm³/mol. The fourth-order valence-corrected chi connectivity index (χ4v) is 3.99. The molecule has 0 fully saturated rings. The van der Waals surface area contributed by atoms with Gasteiger partial charge >= 0.3 is 16.3 Å². The maximum absolute atomic E-state index is 13.1. The van der Waals surface area contributed by atoms with E-state index in [1.54, 1.807) is 0 Å². The first-order valence-corrected chi connectivity index (χ1v) is 10.5. The summed E-state index contributed by atoms with van der Waals surface area (Å²) in [7, 11) is -4.40. The predicted octanol–water partition coefficient (Wildman–Crippen LogP) is 6.67. The molecule has 31 heavy (non-hydrogen) atoms. The molecular formula is C20H11Cl2F4NO3S. The molecule has 0 N–H and O–H groups in total. The Hall–Kier alpha value is -2.62. The lowest BCUT2D eigenvalue weighted by atomic mass is 10.2. The second kappa shape index (κ2) is 8.86. The van der Waals surface area contributed by atoms with Crippen LogP contribution in [-0.4, -0.2) is 14.6 Å². The topological polar surface area (TPSA) is 55.7 Å². The molecule has 0 saturated carbocycles. The number of hydrogen-bond donors (Lipinski definition) is 0. The normalized spacial score (nSPS) is 12.3. The standard InChI is InChI=1S/C20H11Cl2F4NO3S/c21-14-8-12(11-27-16-3-1-2-13(9-16)20(24,25)26)19(18(22)10-14)30-31(28,29)17-6-4-15(23)5-7-17/h1-11H. The van der Waals surface area contributed by atoms with Gasteiger partial charge in [0, 0.05) is 16.8 Å². The van der Waals surface area contributed by atoms with Crippen LogP contribution in [0.15, 0.2) is 70.6 Å². The van der Waals surface area contributed by atoms with Crippen LogP contribution in [0.3, 0.4) is 0 Å². The van der Waals surface area contributed by atoms with E-state index in [-0.39, 0.29) is 31.9 Å². The SMILES string of the molecule is O=S(=O)(Oc1c(Cl)cc(Cl)cc1C=Nc1cccc(C(F)(F)F)c1)c1ccc(F)cc1. The Bertz CT molecular complexity index is 1240. The summed E-state index contributed by atoms with van der Waals surface area (Å²) in [6.45, 7) is 0. The molecule has 0 aliphatic rings. The summed E-state index contributed by atoms with van der Waals surface area (Å²) in [4.78, 5) is 3.61. The third-order valence-electron chi connectivity index (χ3n) is 3.86. The van der Waals surface area contributed by atoms with Gasteiger partial charge < -0.3 is 4.18 Å². The molecule has 0 atom stereocenters. The van der Waals surface area contributed by atoms with Crippen molar-refractivity contribution in [1.82, 2.24) is 0 Å². The number of alkyl halides is 3. The summed E-state index contributed by atoms with van der Waals surface area (Å²) in [5.41, 5.74) is -0.944. The molecule has 4 nitrogen and oxygen atoms in total. The highest BCUT2D eigenvalue weighted by Crippen LogP contribution is 2.35. The Morgan fingerprint density at radius 2 is 1.65 bits per heavy atom. The summed E-state index contributed by atoms with van der Waals surface area (Å²) in [6, 6.07) is 10.6. The van der Waals surface area contributed by atoms with Gasteiger partial charge in [-0.2, -0.15) is 21.6 Å². The van der Waals surface area contributed by atoms with Crippen LogP contribution in [0.5, 0.6) is 5.75 Å². The highest BCUT2D eigenvalue weighted by atomic mass is 35.5. The molecule has 0 aliphatic heterocycles. The van der Waals surface area contributed by atoms with Crippen molar-refractivity contribution in [3.8, 4) is 5.75 Å². The Labute approximate surface area is 184 Å². The summed E-state index contributed by atoms with van der Waals surface area (Å²) in [6.07, 6.45) is -3.48. The molecule has 3 aromatic carbocycles. The van der Waals surface area contributed by atoms with E-state index in [2.05, 4.69) is 4.99 Å². The smallest absolute Gasteiger partial charge is 0.377 e. The molecule has 3 aromatic rings. The fourth-order valence-electron chi connectivity index (χ4n) is 2.43. The Balaban J connectivity index is 1.99. The molecule has 0 bridgehead atoms. The van der Waals surface area contributed by atoms with Crippen LogP contribution in [-0.2, 0) is 16.3 Å². The van der Waals surface area contributed by atoms with Gasteiger partial charge in [0.05, 0.1) is 16.3 Å². The first-order chi connectivity index (χ1) is 14.5. The van der Waals surface area contributed by atoms with Crippen LogP contribution in [0, 0.1) is 5.82 Å². The zero-order valence-electron chi connectivity index (χ0n) is 15.2. The van der Waals surface area contributed by atoms with Crippen molar-refractivity contribution in [2.75, 3.05) is 0 Å². The van der Waals surface area contributed by atoms with E-state index in [1.165, 1.54) is 24.3 Å². The van der Waals surface area contributed by atoms with Crippen molar-refractivity contribution in [2.45, 2.75) is 11.1 Å². The minimum absolute atomic E-state index is 0.000554. The summed E-state index contributed by atoms with van der Waals surface area (Å²) >= 11 is 12.0. The van der Waals surface area contributed by atoms with E-state index < -0.39 is 27.7 Å². The number of aliphatic imine (C=N–C) groups is 1. The van der Waals surface area contributed by atoms with Gasteiger partial charge in [-0.3, -0.25) is 4.99 Å². The van der Waals surface area contributed by atoms with E-state index in [0.29, 0.717) is 0 Å². The molecule has 3 rings (SSSR count). The van der Waals surface area contributed by atoms with Gasteiger partial charge in [0.25, 0.3) is 0 Å². The van der Waals surface area contributed by atoms with Crippen LogP contribution >= 0.6 is 23.2 Å². The number of halogens is 6. The van der Waals surface area contributed by atoms with Crippen LogP contribution in [0.25, 0.3) is 0 Å². The van der Waals surface area contributed by atoms with E-state index in [1.807, 2.05) is 0 Å². The largest absolute Gasteiger partial charge is 0.416 e. The lowest BCUT2D eigenvalue weighted by molar-refractivity contribution is -0.137. The molecule has 0 aliphatic carbocycles. The summed E-state index contributed by atoms with van der Waals surface area (Å²) in [5, 5.41) is -0.0642. The van der Waals surface area contributed by atoms with Crippen molar-refractivity contribution in [3.05, 3.63) is 87.7 Å². The van der Waals surface area contributed by atoms with Crippen molar-refractivity contribution >= 4 is 45.2 Å². The lowest BCUT2D eigenvalue weighted by Gasteiger charge is -2.12. The van der Waals surface area contributed by atoms with Crippen molar-refractivity contribution < 1.29 is 30.2 Å². The molecule has 0 aromatic heterocycles. The van der Waals surface area contributed by atoms with Gasteiger partial charge in [-0.1, -0.05) is 29.3 Å². The third-order valence-corrected chi connectivity index (χ3v) is 5.59. The number of hydrogen-bond acceptors (Lipinski definition) is 4. The highest BCUT2D eigenvalue weighted by molar-refractivity contribution is 7.87. The number of nitrogens with zero attached hydrogens (tertiary/aromatic N) is 1. The van der Waals surface area contributed by atoms with Gasteiger partial charge in [0.15, 0.2) is 5.75 Å². The van der Waals surface area contributed by atoms with E-state index in [9.17, 15) is 26.0 Å². The minimum atomic E-state index is -4.55. The average Bonchev–Trinajstić information content (AvgIpc) is 2.68. The van der Waals surface area contributed by atoms with Gasteiger partial charge in [0.2, 0.25) is 0 Å². The molecule has 0 radical (unpaired) electrons. The second-order valence-electron chi connectivity index (χ2n) is 6.10. The minimum Gasteiger partial charge on any atom is -0.377 e. The van der Waals surface area contributed by atoms with Crippen LogP contribution in [0.4, 0.5) is 23.2 Å².